The van der Waals surface area contributed by atoms with Crippen LogP contribution in [0.3, 0.4) is 0 Å². The average molecular weight is 695 g/mol. The third kappa shape index (κ3) is 7.29. The van der Waals surface area contributed by atoms with E-state index in [0.29, 0.717) is 16.6 Å². The van der Waals surface area contributed by atoms with Crippen molar-refractivity contribution in [2.75, 3.05) is 0 Å². The zero-order chi connectivity index (χ0) is 36.8. The van der Waals surface area contributed by atoms with Crippen molar-refractivity contribution in [2.24, 2.45) is 0 Å². The number of terminal acetylenes is 1. The lowest BCUT2D eigenvalue weighted by Crippen LogP contribution is -2.43. The first kappa shape index (κ1) is 37.0. The predicted molar refractivity (Wildman–Crippen MR) is 232 cm³/mol. The van der Waals surface area contributed by atoms with E-state index in [0.717, 1.165) is 34.1 Å². The van der Waals surface area contributed by atoms with Crippen LogP contribution in [0, 0.1) is 35.6 Å². The Morgan fingerprint density at radius 3 is 1.52 bits per heavy atom. The van der Waals surface area contributed by atoms with Gasteiger partial charge in [0.1, 0.15) is 8.07 Å². The van der Waals surface area contributed by atoms with Gasteiger partial charge in [-0.3, -0.25) is 0 Å². The lowest BCUT2D eigenvalue weighted by Gasteiger charge is -2.38. The molecule has 0 fully saturated rings. The molecule has 0 aliphatic heterocycles. The Morgan fingerprint density at radius 2 is 0.962 bits per heavy atom. The Kier molecular flexibility index (Phi) is 11.6. The summed E-state index contributed by atoms with van der Waals surface area (Å²) in [5.41, 5.74) is 11.3. The summed E-state index contributed by atoms with van der Waals surface area (Å²) in [4.78, 5) is 0. The number of aryl methyl sites for hydroxylation is 1. The van der Waals surface area contributed by atoms with E-state index in [1.165, 1.54) is 81.8 Å². The summed E-state index contributed by atoms with van der Waals surface area (Å²) in [5.74, 6) is 14.0. The van der Waals surface area contributed by atoms with E-state index in [4.69, 9.17) is 6.42 Å². The summed E-state index contributed by atoms with van der Waals surface area (Å²) < 4.78 is 0. The molecule has 0 atom stereocenters. The SMILES string of the molecule is C#Cc1cccc2c(CCCCCCCC)c3cccc(C#Cc4cccc5cc6cccc(C#C[Si](C(C)C)(C(C)C)C(C)C)c6cc45)c3cc12. The molecular weight excluding hydrogens is 641 g/mol. The summed E-state index contributed by atoms with van der Waals surface area (Å²) in [6.07, 6.45) is 14.7. The van der Waals surface area contributed by atoms with Crippen LogP contribution in [0.5, 0.6) is 0 Å². The highest BCUT2D eigenvalue weighted by Crippen LogP contribution is 2.41. The molecule has 0 nitrogen and oxygen atoms in total. The minimum absolute atomic E-state index is 0.592. The standard InChI is InChI=1S/C51H54Si/c1-9-11-12-13-14-15-26-45-46-27-18-20-39(10-2)50(46)35-51-41(23-19-28-47(45)51)30-29-40-21-16-24-43-33-44-25-17-22-42(49(44)34-48(40)43)31-32-52(36(3)4,37(5)6)38(7)8/h2,16-25,27-28,33-38H,9,11-15,26H2,1,3-8H3. The largest absolute Gasteiger partial charge is 0.146 e. The second-order valence-electron chi connectivity index (χ2n) is 15.6. The first-order chi connectivity index (χ1) is 25.2. The molecule has 0 bridgehead atoms. The monoisotopic (exact) mass is 694 g/mol. The fraction of sp³-hybridized carbons (Fsp3) is 0.333. The molecule has 262 valence electrons. The van der Waals surface area contributed by atoms with Crippen molar-refractivity contribution in [2.45, 2.75) is 110 Å². The van der Waals surface area contributed by atoms with Crippen molar-refractivity contribution in [1.29, 1.82) is 0 Å². The fourth-order valence-corrected chi connectivity index (χ4v) is 14.1. The van der Waals surface area contributed by atoms with Crippen LogP contribution in [0.2, 0.25) is 16.6 Å². The minimum Gasteiger partial charge on any atom is -0.125 e. The molecule has 0 unspecified atom stereocenters. The maximum atomic E-state index is 6.05. The van der Waals surface area contributed by atoms with Gasteiger partial charge in [-0.25, -0.2) is 0 Å². The molecule has 0 saturated carbocycles. The van der Waals surface area contributed by atoms with Crippen molar-refractivity contribution in [1.82, 2.24) is 0 Å². The highest BCUT2D eigenvalue weighted by Gasteiger charge is 2.41. The van der Waals surface area contributed by atoms with Gasteiger partial charge >= 0.3 is 0 Å². The summed E-state index contributed by atoms with van der Waals surface area (Å²) in [5, 5.41) is 9.69. The maximum absolute atomic E-state index is 6.05. The van der Waals surface area contributed by atoms with Gasteiger partial charge in [0.25, 0.3) is 0 Å². The van der Waals surface area contributed by atoms with Crippen molar-refractivity contribution in [3.05, 3.63) is 119 Å². The van der Waals surface area contributed by atoms with Crippen LogP contribution in [-0.4, -0.2) is 8.07 Å². The maximum Gasteiger partial charge on any atom is 0.146 e. The number of hydrogen-bond acceptors (Lipinski definition) is 0. The molecule has 0 aliphatic rings. The Labute approximate surface area is 314 Å². The van der Waals surface area contributed by atoms with E-state index in [-0.39, 0.29) is 0 Å². The van der Waals surface area contributed by atoms with Crippen LogP contribution >= 0.6 is 0 Å². The third-order valence-corrected chi connectivity index (χ3v) is 17.9. The molecule has 0 heterocycles. The summed E-state index contributed by atoms with van der Waals surface area (Å²) in [6, 6.07) is 33.0. The van der Waals surface area contributed by atoms with Crippen molar-refractivity contribution in [3.63, 3.8) is 0 Å². The number of hydrogen-bond donors (Lipinski definition) is 0. The number of benzene rings is 6. The number of unbranched alkanes of at least 4 members (excludes halogenated alkanes) is 5. The van der Waals surface area contributed by atoms with Gasteiger partial charge in [-0.05, 0) is 121 Å². The van der Waals surface area contributed by atoms with Crippen LogP contribution in [0.1, 0.15) is 115 Å². The van der Waals surface area contributed by atoms with E-state index < -0.39 is 8.07 Å². The van der Waals surface area contributed by atoms with Crippen LogP contribution in [0.15, 0.2) is 91.0 Å². The highest BCUT2D eigenvalue weighted by atomic mass is 28.3. The van der Waals surface area contributed by atoms with Gasteiger partial charge in [-0.2, -0.15) is 0 Å². The van der Waals surface area contributed by atoms with Gasteiger partial charge < -0.3 is 0 Å². The molecule has 0 aliphatic carbocycles. The quantitative estimate of drug-likeness (QED) is 0.0579. The second kappa shape index (κ2) is 16.3. The van der Waals surface area contributed by atoms with E-state index in [9.17, 15) is 0 Å². The molecule has 0 amide bonds. The zero-order valence-electron chi connectivity index (χ0n) is 32.4. The van der Waals surface area contributed by atoms with Crippen LogP contribution < -0.4 is 0 Å². The van der Waals surface area contributed by atoms with Gasteiger partial charge in [0.05, 0.1) is 0 Å². The average Bonchev–Trinajstić information content (AvgIpc) is 3.13. The number of fused-ring (bicyclic) bond motifs is 4. The fourth-order valence-electron chi connectivity index (χ4n) is 8.86. The van der Waals surface area contributed by atoms with Crippen LogP contribution in [0.4, 0.5) is 0 Å². The minimum atomic E-state index is -1.87. The number of rotatable bonds is 10. The van der Waals surface area contributed by atoms with Crippen molar-refractivity contribution < 1.29 is 0 Å². The van der Waals surface area contributed by atoms with Crippen LogP contribution in [-0.2, 0) is 6.42 Å². The van der Waals surface area contributed by atoms with Crippen molar-refractivity contribution >= 4 is 51.2 Å². The molecule has 6 aromatic carbocycles. The summed E-state index contributed by atoms with van der Waals surface area (Å²) in [7, 11) is -1.87. The second-order valence-corrected chi connectivity index (χ2v) is 21.2. The summed E-state index contributed by atoms with van der Waals surface area (Å²) >= 11 is 0. The highest BCUT2D eigenvalue weighted by molar-refractivity contribution is 6.90. The van der Waals surface area contributed by atoms with Crippen molar-refractivity contribution in [3.8, 4) is 35.6 Å². The predicted octanol–water partition coefficient (Wildman–Crippen LogP) is 14.2. The molecule has 0 spiro atoms. The molecule has 0 saturated heterocycles. The zero-order valence-corrected chi connectivity index (χ0v) is 33.4. The first-order valence-electron chi connectivity index (χ1n) is 19.6. The summed E-state index contributed by atoms with van der Waals surface area (Å²) in [6.45, 7) is 16.6. The third-order valence-electron chi connectivity index (χ3n) is 11.6. The molecule has 0 N–H and O–H groups in total. The van der Waals surface area contributed by atoms with Gasteiger partial charge in [0.15, 0.2) is 0 Å². The van der Waals surface area contributed by atoms with Gasteiger partial charge in [0.2, 0.25) is 0 Å². The first-order valence-corrected chi connectivity index (χ1v) is 21.9. The smallest absolute Gasteiger partial charge is 0.125 e. The lowest BCUT2D eigenvalue weighted by atomic mass is 9.89. The molecule has 0 radical (unpaired) electrons. The lowest BCUT2D eigenvalue weighted by molar-refractivity contribution is 0.609. The van der Waals surface area contributed by atoms with E-state index in [2.05, 4.69) is 169 Å². The van der Waals surface area contributed by atoms with Gasteiger partial charge in [0, 0.05) is 22.3 Å². The Morgan fingerprint density at radius 1 is 0.500 bits per heavy atom. The van der Waals surface area contributed by atoms with E-state index in [1.807, 2.05) is 0 Å². The Bertz CT molecular complexity index is 2390. The molecule has 6 rings (SSSR count). The molecule has 6 aromatic rings. The van der Waals surface area contributed by atoms with E-state index in [1.54, 1.807) is 0 Å². The van der Waals surface area contributed by atoms with Gasteiger partial charge in [-0.15, -0.1) is 12.0 Å². The molecular formula is C51H54Si. The van der Waals surface area contributed by atoms with E-state index >= 15 is 0 Å². The Balaban J connectivity index is 1.46. The van der Waals surface area contributed by atoms with Gasteiger partial charge in [-0.1, -0.05) is 153 Å². The normalized spacial score (nSPS) is 11.7. The molecule has 52 heavy (non-hydrogen) atoms. The van der Waals surface area contributed by atoms with Crippen LogP contribution in [0.25, 0.3) is 43.1 Å². The Hall–Kier alpha value is -4.74. The topological polar surface area (TPSA) is 0 Å². The molecule has 1 heteroatoms. The molecule has 0 aromatic heterocycles.